The highest BCUT2D eigenvalue weighted by atomic mass is 16.5. The van der Waals surface area contributed by atoms with Crippen LogP contribution >= 0.6 is 0 Å². The Kier molecular flexibility index (Phi) is 6.57. The number of aromatic nitrogens is 2. The molecule has 2 aromatic rings. The summed E-state index contributed by atoms with van der Waals surface area (Å²) in [6, 6.07) is 4.93. The first-order valence-corrected chi connectivity index (χ1v) is 8.39. The van der Waals surface area contributed by atoms with E-state index in [0.29, 0.717) is 23.2 Å². The number of carbonyl (C=O) groups is 1. The van der Waals surface area contributed by atoms with Gasteiger partial charge in [0.15, 0.2) is 17.3 Å². The number of ether oxygens (including phenoxy) is 2. The van der Waals surface area contributed by atoms with Gasteiger partial charge < -0.3 is 24.6 Å². The fraction of sp³-hybridized carbons (Fsp3) is 0.500. The van der Waals surface area contributed by atoms with Crippen LogP contribution in [0.15, 0.2) is 22.7 Å². The molecule has 2 rings (SSSR count). The van der Waals surface area contributed by atoms with E-state index in [4.69, 9.17) is 19.7 Å². The number of hydrogen-bond donors (Lipinski definition) is 1. The van der Waals surface area contributed by atoms with E-state index >= 15 is 0 Å². The zero-order chi connectivity index (χ0) is 19.3. The number of carbonyl (C=O) groups excluding carboxylic acids is 1. The lowest BCUT2D eigenvalue weighted by molar-refractivity contribution is -0.130. The third-order valence-electron chi connectivity index (χ3n) is 4.01. The van der Waals surface area contributed by atoms with Gasteiger partial charge in [0.1, 0.15) is 0 Å². The van der Waals surface area contributed by atoms with Crippen LogP contribution in [-0.2, 0) is 11.3 Å². The van der Waals surface area contributed by atoms with Crippen LogP contribution in [0.2, 0.25) is 0 Å². The van der Waals surface area contributed by atoms with Gasteiger partial charge in [-0.05, 0) is 17.7 Å². The van der Waals surface area contributed by atoms with Crippen LogP contribution in [0.1, 0.15) is 49.5 Å². The summed E-state index contributed by atoms with van der Waals surface area (Å²) in [4.78, 5) is 18.3. The van der Waals surface area contributed by atoms with Gasteiger partial charge in [0.25, 0.3) is 0 Å². The summed E-state index contributed by atoms with van der Waals surface area (Å²) in [6.07, 6.45) is 0.154. The van der Waals surface area contributed by atoms with Crippen LogP contribution in [0.4, 0.5) is 0 Å². The summed E-state index contributed by atoms with van der Waals surface area (Å²) < 4.78 is 15.6. The van der Waals surface area contributed by atoms with Gasteiger partial charge in [0.05, 0.1) is 20.8 Å². The summed E-state index contributed by atoms with van der Waals surface area (Å²) in [7, 11) is 4.82. The van der Waals surface area contributed by atoms with Crippen molar-refractivity contribution < 1.29 is 18.8 Å². The minimum absolute atomic E-state index is 0.108. The van der Waals surface area contributed by atoms with Crippen LogP contribution in [0.5, 0.6) is 11.5 Å². The van der Waals surface area contributed by atoms with E-state index < -0.39 is 6.04 Å². The maximum Gasteiger partial charge on any atom is 0.229 e. The fourth-order valence-corrected chi connectivity index (χ4v) is 2.41. The van der Waals surface area contributed by atoms with E-state index in [2.05, 4.69) is 10.1 Å². The summed E-state index contributed by atoms with van der Waals surface area (Å²) >= 11 is 0. The number of nitrogens with zero attached hydrogens (tertiary/aromatic N) is 3. The van der Waals surface area contributed by atoms with Crippen molar-refractivity contribution in [2.75, 3.05) is 21.3 Å². The molecule has 0 fully saturated rings. The lowest BCUT2D eigenvalue weighted by Gasteiger charge is -2.19. The van der Waals surface area contributed by atoms with Gasteiger partial charge in [-0.25, -0.2) is 0 Å². The minimum atomic E-state index is -0.457. The summed E-state index contributed by atoms with van der Waals surface area (Å²) in [5, 5.41) is 3.90. The van der Waals surface area contributed by atoms with E-state index in [1.807, 2.05) is 19.9 Å². The number of rotatable bonds is 8. The molecule has 2 N–H and O–H groups in total. The van der Waals surface area contributed by atoms with Gasteiger partial charge in [-0.2, -0.15) is 4.98 Å². The monoisotopic (exact) mass is 362 g/mol. The van der Waals surface area contributed by atoms with Crippen molar-refractivity contribution >= 4 is 5.91 Å². The molecular weight excluding hydrogens is 336 g/mol. The Morgan fingerprint density at radius 2 is 1.96 bits per heavy atom. The van der Waals surface area contributed by atoms with Crippen LogP contribution in [-0.4, -0.2) is 42.2 Å². The molecule has 0 spiro atoms. The largest absolute Gasteiger partial charge is 0.493 e. The molecular formula is C18H26N4O4. The van der Waals surface area contributed by atoms with Crippen molar-refractivity contribution in [3.63, 3.8) is 0 Å². The predicted octanol–water partition coefficient (Wildman–Crippen LogP) is 2.26. The Bertz CT molecular complexity index is 745. The number of benzene rings is 1. The minimum Gasteiger partial charge on any atom is -0.493 e. The van der Waals surface area contributed by atoms with Gasteiger partial charge >= 0.3 is 0 Å². The maximum atomic E-state index is 12.5. The number of hydrogen-bond acceptors (Lipinski definition) is 7. The molecule has 0 aliphatic rings. The molecule has 8 heteroatoms. The SMILES string of the molecule is COc1ccc([C@@H](N)CC(=O)N(C)Cc2noc(C(C)C)n2)cc1OC. The van der Waals surface area contributed by atoms with E-state index in [-0.39, 0.29) is 24.8 Å². The first-order valence-electron chi connectivity index (χ1n) is 8.39. The van der Waals surface area contributed by atoms with E-state index in [9.17, 15) is 4.79 Å². The van der Waals surface area contributed by atoms with E-state index in [1.54, 1.807) is 33.4 Å². The number of nitrogens with two attached hydrogens (primary N) is 1. The molecule has 0 aliphatic carbocycles. The van der Waals surface area contributed by atoms with Crippen LogP contribution in [0.3, 0.4) is 0 Å². The Morgan fingerprint density at radius 1 is 1.27 bits per heavy atom. The zero-order valence-corrected chi connectivity index (χ0v) is 15.9. The molecule has 0 saturated heterocycles. The quantitative estimate of drug-likeness (QED) is 0.768. The number of amides is 1. The first-order chi connectivity index (χ1) is 12.3. The predicted molar refractivity (Wildman–Crippen MR) is 96.0 cm³/mol. The molecule has 1 atom stereocenters. The third-order valence-corrected chi connectivity index (χ3v) is 4.01. The molecule has 1 aromatic carbocycles. The topological polar surface area (TPSA) is 104 Å². The van der Waals surface area contributed by atoms with Gasteiger partial charge in [-0.3, -0.25) is 4.79 Å². The van der Waals surface area contributed by atoms with Gasteiger partial charge in [-0.1, -0.05) is 25.1 Å². The van der Waals surface area contributed by atoms with Crippen molar-refractivity contribution in [3.8, 4) is 11.5 Å². The van der Waals surface area contributed by atoms with E-state index in [0.717, 1.165) is 5.56 Å². The molecule has 1 aromatic heterocycles. The van der Waals surface area contributed by atoms with Gasteiger partial charge in [0, 0.05) is 25.4 Å². The highest BCUT2D eigenvalue weighted by Crippen LogP contribution is 2.30. The van der Waals surface area contributed by atoms with Gasteiger partial charge in [-0.15, -0.1) is 0 Å². The second-order valence-electron chi connectivity index (χ2n) is 6.38. The summed E-state index contributed by atoms with van der Waals surface area (Å²) in [5.41, 5.74) is 6.99. The highest BCUT2D eigenvalue weighted by Gasteiger charge is 2.19. The molecule has 0 aliphatic heterocycles. The molecule has 142 valence electrons. The van der Waals surface area contributed by atoms with Crippen molar-refractivity contribution in [1.29, 1.82) is 0 Å². The third kappa shape index (κ3) is 4.72. The molecule has 1 heterocycles. The summed E-state index contributed by atoms with van der Waals surface area (Å²) in [6.45, 7) is 4.20. The normalized spacial score (nSPS) is 12.1. The van der Waals surface area contributed by atoms with Crippen LogP contribution in [0, 0.1) is 0 Å². The average Bonchev–Trinajstić information content (AvgIpc) is 3.09. The maximum absolute atomic E-state index is 12.5. The first kappa shape index (κ1) is 19.7. The summed E-state index contributed by atoms with van der Waals surface area (Å²) in [5.74, 6) is 2.27. The van der Waals surface area contributed by atoms with Crippen LogP contribution in [0.25, 0.3) is 0 Å². The molecule has 0 radical (unpaired) electrons. The zero-order valence-electron chi connectivity index (χ0n) is 15.9. The lowest BCUT2D eigenvalue weighted by atomic mass is 10.0. The smallest absolute Gasteiger partial charge is 0.229 e. The lowest BCUT2D eigenvalue weighted by Crippen LogP contribution is -2.30. The van der Waals surface area contributed by atoms with Crippen molar-refractivity contribution in [1.82, 2.24) is 15.0 Å². The molecule has 0 bridgehead atoms. The standard InChI is InChI=1S/C18H26N4O4/c1-11(2)18-20-16(21-26-18)10-22(3)17(23)9-13(19)12-6-7-14(24-4)15(8-12)25-5/h6-8,11,13H,9-10,19H2,1-5H3/t13-/m0/s1. The van der Waals surface area contributed by atoms with Crippen molar-refractivity contribution in [3.05, 3.63) is 35.5 Å². The Morgan fingerprint density at radius 3 is 2.54 bits per heavy atom. The molecule has 8 nitrogen and oxygen atoms in total. The number of methoxy groups -OCH3 is 2. The second kappa shape index (κ2) is 8.66. The Hall–Kier alpha value is -2.61. The highest BCUT2D eigenvalue weighted by molar-refractivity contribution is 5.76. The van der Waals surface area contributed by atoms with Crippen molar-refractivity contribution in [2.45, 2.75) is 38.8 Å². The van der Waals surface area contributed by atoms with Crippen molar-refractivity contribution in [2.24, 2.45) is 5.73 Å². The Labute approximate surface area is 153 Å². The average molecular weight is 362 g/mol. The van der Waals surface area contributed by atoms with Gasteiger partial charge in [0.2, 0.25) is 11.8 Å². The van der Waals surface area contributed by atoms with E-state index in [1.165, 1.54) is 4.90 Å². The molecule has 0 unspecified atom stereocenters. The Balaban J connectivity index is 1.99. The molecule has 1 amide bonds. The second-order valence-corrected chi connectivity index (χ2v) is 6.38. The fourth-order valence-electron chi connectivity index (χ4n) is 2.41. The molecule has 26 heavy (non-hydrogen) atoms. The van der Waals surface area contributed by atoms with Crippen LogP contribution < -0.4 is 15.2 Å². The molecule has 0 saturated carbocycles.